The van der Waals surface area contributed by atoms with Crippen LogP contribution in [0.25, 0.3) is 5.52 Å². The first-order valence-corrected chi connectivity index (χ1v) is 14.4. The van der Waals surface area contributed by atoms with Crippen LogP contribution in [0.15, 0.2) is 18.5 Å². The van der Waals surface area contributed by atoms with E-state index in [1.165, 1.54) is 10.8 Å². The molecule has 0 amide bonds. The molecule has 4 rings (SSSR count). The summed E-state index contributed by atoms with van der Waals surface area (Å²) < 4.78 is 43.2. The number of carbonyl (C=O) groups excluding carboxylic acids is 2. The maximum absolute atomic E-state index is 13.3. The number of hydrogen-bond donors (Lipinski definition) is 1. The maximum Gasteiger partial charge on any atom is 0.475 e. The summed E-state index contributed by atoms with van der Waals surface area (Å²) >= 11 is 1.05. The van der Waals surface area contributed by atoms with E-state index < -0.39 is 49.0 Å². The van der Waals surface area contributed by atoms with Crippen molar-refractivity contribution in [1.82, 2.24) is 14.6 Å². The number of ether oxygens (including phenoxy) is 2. The van der Waals surface area contributed by atoms with Gasteiger partial charge in [-0.2, -0.15) is 10.4 Å². The number of anilines is 1. The fraction of sp³-hybridized carbons (Fsp3) is 0.609. The summed E-state index contributed by atoms with van der Waals surface area (Å²) in [5.74, 6) is -0.752. The second-order valence-corrected chi connectivity index (χ2v) is 12.9. The van der Waals surface area contributed by atoms with E-state index in [-0.39, 0.29) is 35.6 Å². The van der Waals surface area contributed by atoms with E-state index in [1.807, 2.05) is 0 Å². The van der Waals surface area contributed by atoms with Gasteiger partial charge in [0.2, 0.25) is 5.60 Å². The third kappa shape index (κ3) is 5.32. The largest absolute Gasteiger partial charge is 0.475 e. The number of rotatable bonds is 7. The highest BCUT2D eigenvalue weighted by Crippen LogP contribution is 2.58. The van der Waals surface area contributed by atoms with E-state index >= 15 is 0 Å². The predicted octanol–water partition coefficient (Wildman–Crippen LogP) is 2.84. The summed E-state index contributed by atoms with van der Waals surface area (Å²) in [4.78, 5) is 28.8. The molecule has 5 atom stereocenters. The van der Waals surface area contributed by atoms with Gasteiger partial charge in [0.25, 0.3) is 0 Å². The zero-order valence-corrected chi connectivity index (χ0v) is 23.4. The van der Waals surface area contributed by atoms with Crippen LogP contribution in [0.5, 0.6) is 0 Å². The molecule has 2 aromatic rings. The minimum absolute atomic E-state index is 0.0440. The summed E-state index contributed by atoms with van der Waals surface area (Å²) in [5, 5.41) is 14.6. The zero-order chi connectivity index (χ0) is 27.9. The highest BCUT2D eigenvalue weighted by molar-refractivity contribution is 8.13. The van der Waals surface area contributed by atoms with Crippen LogP contribution >= 0.6 is 19.6 Å². The molecule has 13 nitrogen and oxygen atoms in total. The number of aromatic nitrogens is 3. The molecule has 2 N–H and O–H groups in total. The minimum Gasteiger partial charge on any atom is -0.455 e. The van der Waals surface area contributed by atoms with Gasteiger partial charge >= 0.3 is 13.8 Å². The second-order valence-electron chi connectivity index (χ2n) is 10.2. The number of fused-ring (bicyclic) bond motifs is 2. The molecule has 0 bridgehead atoms. The van der Waals surface area contributed by atoms with Crippen LogP contribution in [0.4, 0.5) is 5.82 Å². The van der Waals surface area contributed by atoms with Crippen LogP contribution < -0.4 is 5.73 Å². The number of nitrogens with zero attached hydrogens (tertiary/aromatic N) is 4. The molecular weight excluding hydrogens is 537 g/mol. The third-order valence-electron chi connectivity index (χ3n) is 5.97. The Morgan fingerprint density at radius 3 is 2.79 bits per heavy atom. The molecule has 4 heterocycles. The number of phosphoric acid groups is 1. The maximum atomic E-state index is 13.3. The number of carbonyl (C=O) groups is 2. The molecule has 0 saturated carbocycles. The molecule has 0 unspecified atom stereocenters. The number of nitrogens with two attached hydrogens (primary N) is 1. The Morgan fingerprint density at radius 2 is 2.13 bits per heavy atom. The van der Waals surface area contributed by atoms with Crippen molar-refractivity contribution >= 4 is 42.0 Å². The number of phosphoric ester groups is 1. The van der Waals surface area contributed by atoms with Crippen molar-refractivity contribution in [3.8, 4) is 6.07 Å². The van der Waals surface area contributed by atoms with Crippen LogP contribution in [0.2, 0.25) is 0 Å². The fourth-order valence-corrected chi connectivity index (χ4v) is 6.26. The Labute approximate surface area is 223 Å². The molecule has 38 heavy (non-hydrogen) atoms. The summed E-state index contributed by atoms with van der Waals surface area (Å²) in [6.07, 6.45) is -2.21. The molecule has 2 fully saturated rings. The Balaban J connectivity index is 1.62. The van der Waals surface area contributed by atoms with E-state index in [9.17, 15) is 19.4 Å². The average molecular weight is 568 g/mol. The van der Waals surface area contributed by atoms with Gasteiger partial charge in [0, 0.05) is 11.2 Å². The van der Waals surface area contributed by atoms with Crippen LogP contribution in [-0.2, 0) is 42.8 Å². The lowest BCUT2D eigenvalue weighted by molar-refractivity contribution is -0.163. The normalized spacial score (nSPS) is 29.2. The van der Waals surface area contributed by atoms with E-state index in [2.05, 4.69) is 16.2 Å². The smallest absolute Gasteiger partial charge is 0.455 e. The number of hydrogen-bond acceptors (Lipinski definition) is 13. The zero-order valence-electron chi connectivity index (χ0n) is 21.7. The van der Waals surface area contributed by atoms with E-state index in [0.29, 0.717) is 5.52 Å². The van der Waals surface area contributed by atoms with Crippen molar-refractivity contribution in [2.75, 3.05) is 24.7 Å². The Kier molecular flexibility index (Phi) is 7.91. The van der Waals surface area contributed by atoms with Gasteiger partial charge in [-0.3, -0.25) is 23.2 Å². The monoisotopic (exact) mass is 567 g/mol. The molecule has 0 spiro atoms. The van der Waals surface area contributed by atoms with Crippen molar-refractivity contribution in [3.05, 3.63) is 24.2 Å². The summed E-state index contributed by atoms with van der Waals surface area (Å²) in [5.41, 5.74) is 4.16. The minimum atomic E-state index is -4.15. The number of thioether (sulfide) groups is 1. The highest BCUT2D eigenvalue weighted by atomic mass is 32.2. The Bertz CT molecular complexity index is 1320. The molecule has 2 aliphatic heterocycles. The third-order valence-corrected chi connectivity index (χ3v) is 8.68. The quantitative estimate of drug-likeness (QED) is 0.294. The Hall–Kier alpha value is -2.53. The number of nitrogen functional groups attached to an aromatic ring is 1. The molecule has 0 aliphatic carbocycles. The van der Waals surface area contributed by atoms with Crippen molar-refractivity contribution in [1.29, 1.82) is 5.26 Å². The average Bonchev–Trinajstić information content (AvgIpc) is 3.42. The van der Waals surface area contributed by atoms with Crippen LogP contribution in [0, 0.1) is 22.7 Å². The lowest BCUT2D eigenvalue weighted by atomic mass is 9.92. The molecule has 2 aliphatic rings. The molecule has 0 aromatic carbocycles. The van der Waals surface area contributed by atoms with Crippen LogP contribution in [0.3, 0.4) is 0 Å². The molecular formula is C23H30N5O8PS. The lowest BCUT2D eigenvalue weighted by Gasteiger charge is -2.32. The first-order valence-electron chi connectivity index (χ1n) is 11.9. The van der Waals surface area contributed by atoms with E-state index in [0.717, 1.165) is 11.8 Å². The van der Waals surface area contributed by atoms with E-state index in [4.69, 9.17) is 28.8 Å². The molecule has 206 valence electrons. The first kappa shape index (κ1) is 28.5. The predicted molar refractivity (Wildman–Crippen MR) is 136 cm³/mol. The summed E-state index contributed by atoms with van der Waals surface area (Å²) in [6.45, 7) is 8.32. The van der Waals surface area contributed by atoms with Crippen molar-refractivity contribution in [2.24, 2.45) is 11.3 Å². The van der Waals surface area contributed by atoms with Crippen molar-refractivity contribution in [2.45, 2.75) is 58.5 Å². The lowest BCUT2D eigenvalue weighted by Crippen LogP contribution is -2.46. The van der Waals surface area contributed by atoms with Gasteiger partial charge in [0.15, 0.2) is 17.0 Å². The van der Waals surface area contributed by atoms with Crippen molar-refractivity contribution in [3.63, 3.8) is 0 Å². The Morgan fingerprint density at radius 1 is 1.39 bits per heavy atom. The van der Waals surface area contributed by atoms with Crippen LogP contribution in [0.1, 0.15) is 40.3 Å². The van der Waals surface area contributed by atoms with Gasteiger partial charge in [-0.05, 0) is 12.1 Å². The van der Waals surface area contributed by atoms with Gasteiger partial charge < -0.3 is 15.2 Å². The number of nitriles is 1. The van der Waals surface area contributed by atoms with Crippen LogP contribution in [-0.4, -0.2) is 63.0 Å². The van der Waals surface area contributed by atoms with Gasteiger partial charge in [-0.15, -0.1) is 0 Å². The number of esters is 1. The fourth-order valence-electron chi connectivity index (χ4n) is 3.96. The van der Waals surface area contributed by atoms with E-state index in [1.54, 1.807) is 46.8 Å². The SMILES string of the molecule is CC(C)C(=O)O[C@@H]1[C@@H]2O[P@](=O)(OCCSC(=O)C(C)(C)C)OC[C@H]2O[C@@]1(C#N)c1ccc2c(N)ncnn12. The molecule has 0 radical (unpaired) electrons. The molecule has 2 aromatic heterocycles. The van der Waals surface area contributed by atoms with Gasteiger partial charge in [0.1, 0.15) is 30.1 Å². The summed E-state index contributed by atoms with van der Waals surface area (Å²) in [6, 6.07) is 5.30. The highest BCUT2D eigenvalue weighted by Gasteiger charge is 2.65. The first-order chi connectivity index (χ1) is 17.8. The second kappa shape index (κ2) is 10.6. The standard InChI is InChI=1S/C23H30N5O8PS/c1-13(2)20(29)34-18-17-15(10-33-37(31,36-17)32-8-9-38-21(30)22(3,4)5)35-23(18,11-24)16-7-6-14-19(25)26-12-27-28(14)16/h6-7,12-13,15,17-18H,8-10H2,1-5H3,(H2,25,26,27)/t15-,17-,18-,23+,37-/m1/s1. The van der Waals surface area contributed by atoms with Crippen molar-refractivity contribution < 1.29 is 37.2 Å². The summed E-state index contributed by atoms with van der Waals surface area (Å²) in [7, 11) is -4.15. The molecule has 2 saturated heterocycles. The van der Waals surface area contributed by atoms with Gasteiger partial charge in [-0.25, -0.2) is 14.1 Å². The molecule has 15 heteroatoms. The topological polar surface area (TPSA) is 177 Å². The van der Waals surface area contributed by atoms with Gasteiger partial charge in [0.05, 0.1) is 24.8 Å². The van der Waals surface area contributed by atoms with Gasteiger partial charge in [-0.1, -0.05) is 46.4 Å².